The molecule has 2 amide bonds. The molecule has 0 aromatic rings. The van der Waals surface area contributed by atoms with Gasteiger partial charge in [-0.05, 0) is 31.3 Å². The van der Waals surface area contributed by atoms with Crippen LogP contribution in [0.15, 0.2) is 0 Å². The molecule has 128 valence electrons. The van der Waals surface area contributed by atoms with Gasteiger partial charge in [-0.1, -0.05) is 6.92 Å². The third-order valence-electron chi connectivity index (χ3n) is 4.45. The van der Waals surface area contributed by atoms with Crippen LogP contribution < -0.4 is 10.6 Å². The second-order valence-electron chi connectivity index (χ2n) is 6.33. The minimum Gasteiger partial charge on any atom is -0.378 e. The molecule has 0 bridgehead atoms. The fourth-order valence-electron chi connectivity index (χ4n) is 2.80. The van der Waals surface area contributed by atoms with Gasteiger partial charge in [0.2, 0.25) is 11.8 Å². The zero-order valence-corrected chi connectivity index (χ0v) is 14.2. The molecule has 0 unspecified atom stereocenters. The van der Waals surface area contributed by atoms with Crippen LogP contribution in [0, 0.1) is 5.41 Å². The predicted molar refractivity (Wildman–Crippen MR) is 87.1 cm³/mol. The van der Waals surface area contributed by atoms with Crippen LogP contribution in [0.5, 0.6) is 0 Å². The second-order valence-corrected chi connectivity index (χ2v) is 6.33. The van der Waals surface area contributed by atoms with Crippen molar-refractivity contribution in [3.8, 4) is 0 Å². The number of nitrogens with zero attached hydrogens (tertiary/aromatic N) is 1. The van der Waals surface area contributed by atoms with Gasteiger partial charge in [-0.25, -0.2) is 0 Å². The Hall–Kier alpha value is -0.850. The summed E-state index contributed by atoms with van der Waals surface area (Å²) in [6.07, 6.45) is 2.74. The molecule has 0 atom stereocenters. The molecule has 7 heteroatoms. The average molecular weight is 334 g/mol. The lowest BCUT2D eigenvalue weighted by Gasteiger charge is -2.34. The van der Waals surface area contributed by atoms with Gasteiger partial charge in [-0.3, -0.25) is 9.59 Å². The third kappa shape index (κ3) is 6.10. The summed E-state index contributed by atoms with van der Waals surface area (Å²) in [7, 11) is 0. The number of hydrogen-bond donors (Lipinski definition) is 2. The van der Waals surface area contributed by atoms with E-state index in [1.54, 1.807) is 4.90 Å². The molecular weight excluding hydrogens is 306 g/mol. The predicted octanol–water partition coefficient (Wildman–Crippen LogP) is 0.553. The Morgan fingerprint density at radius 2 is 1.82 bits per heavy atom. The van der Waals surface area contributed by atoms with Crippen molar-refractivity contribution < 1.29 is 14.3 Å². The number of piperidine rings is 1. The van der Waals surface area contributed by atoms with Gasteiger partial charge in [0.25, 0.3) is 0 Å². The monoisotopic (exact) mass is 333 g/mol. The highest BCUT2D eigenvalue weighted by Crippen LogP contribution is 2.26. The Balaban J connectivity index is 0.00000242. The molecule has 22 heavy (non-hydrogen) atoms. The highest BCUT2D eigenvalue weighted by Gasteiger charge is 2.27. The van der Waals surface area contributed by atoms with Gasteiger partial charge in [-0.2, -0.15) is 0 Å². The maximum atomic E-state index is 12.0. The summed E-state index contributed by atoms with van der Waals surface area (Å²) in [5.41, 5.74) is 0.190. The summed E-state index contributed by atoms with van der Waals surface area (Å²) < 4.78 is 5.21. The first-order valence-electron chi connectivity index (χ1n) is 7.92. The number of morpholine rings is 1. The molecule has 2 fully saturated rings. The Kier molecular flexibility index (Phi) is 8.14. The van der Waals surface area contributed by atoms with Gasteiger partial charge >= 0.3 is 0 Å². The summed E-state index contributed by atoms with van der Waals surface area (Å²) in [6.45, 7) is 7.45. The highest BCUT2D eigenvalue weighted by molar-refractivity contribution is 5.85. The van der Waals surface area contributed by atoms with Crippen LogP contribution in [0.1, 0.15) is 32.6 Å². The van der Waals surface area contributed by atoms with Crippen LogP contribution in [0.4, 0.5) is 0 Å². The molecule has 2 N–H and O–H groups in total. The van der Waals surface area contributed by atoms with E-state index in [0.29, 0.717) is 39.3 Å². The van der Waals surface area contributed by atoms with E-state index in [1.807, 2.05) is 0 Å². The highest BCUT2D eigenvalue weighted by atomic mass is 35.5. The van der Waals surface area contributed by atoms with E-state index < -0.39 is 0 Å². The molecule has 2 heterocycles. The van der Waals surface area contributed by atoms with Gasteiger partial charge in [-0.15, -0.1) is 12.4 Å². The number of nitrogens with one attached hydrogen (secondary N) is 2. The normalized spacial score (nSPS) is 20.9. The van der Waals surface area contributed by atoms with Gasteiger partial charge in [0, 0.05) is 32.5 Å². The van der Waals surface area contributed by atoms with Crippen molar-refractivity contribution in [2.45, 2.75) is 32.6 Å². The van der Waals surface area contributed by atoms with Crippen molar-refractivity contribution in [1.82, 2.24) is 15.5 Å². The lowest BCUT2D eigenvalue weighted by Crippen LogP contribution is -2.43. The van der Waals surface area contributed by atoms with Crippen molar-refractivity contribution in [2.24, 2.45) is 5.41 Å². The zero-order chi connectivity index (χ0) is 15.1. The Morgan fingerprint density at radius 3 is 2.45 bits per heavy atom. The number of hydrogen-bond acceptors (Lipinski definition) is 4. The van der Waals surface area contributed by atoms with Gasteiger partial charge in [0.15, 0.2) is 0 Å². The smallest absolute Gasteiger partial charge is 0.223 e. The van der Waals surface area contributed by atoms with E-state index in [9.17, 15) is 9.59 Å². The topological polar surface area (TPSA) is 70.7 Å². The van der Waals surface area contributed by atoms with Crippen molar-refractivity contribution in [2.75, 3.05) is 45.9 Å². The fraction of sp³-hybridized carbons (Fsp3) is 0.867. The van der Waals surface area contributed by atoms with Crippen LogP contribution in [0.25, 0.3) is 0 Å². The lowest BCUT2D eigenvalue weighted by molar-refractivity contribution is -0.137. The molecule has 2 rings (SSSR count). The van der Waals surface area contributed by atoms with Crippen molar-refractivity contribution >= 4 is 24.2 Å². The Morgan fingerprint density at radius 1 is 1.18 bits per heavy atom. The van der Waals surface area contributed by atoms with Crippen molar-refractivity contribution in [3.05, 3.63) is 0 Å². The first-order valence-corrected chi connectivity index (χ1v) is 7.92. The Labute approximate surface area is 138 Å². The molecule has 0 aromatic heterocycles. The van der Waals surface area contributed by atoms with Crippen LogP contribution >= 0.6 is 12.4 Å². The first-order chi connectivity index (χ1) is 10.1. The third-order valence-corrected chi connectivity index (χ3v) is 4.45. The SMILES string of the molecule is CC1(CNC(=O)CCC(=O)N2CCOCC2)CCNCC1.Cl. The molecule has 0 spiro atoms. The average Bonchev–Trinajstić information content (AvgIpc) is 2.52. The minimum absolute atomic E-state index is 0. The van der Waals surface area contributed by atoms with Gasteiger partial charge < -0.3 is 20.3 Å². The Bertz CT molecular complexity index is 367. The van der Waals surface area contributed by atoms with E-state index in [1.165, 1.54) is 0 Å². The molecule has 2 aliphatic heterocycles. The van der Waals surface area contributed by atoms with Crippen LogP contribution in [0.2, 0.25) is 0 Å². The van der Waals surface area contributed by atoms with Crippen LogP contribution in [0.3, 0.4) is 0 Å². The molecule has 6 nitrogen and oxygen atoms in total. The second kappa shape index (κ2) is 9.33. The number of ether oxygens (including phenoxy) is 1. The van der Waals surface area contributed by atoms with Crippen LogP contribution in [-0.4, -0.2) is 62.7 Å². The number of carbonyl (C=O) groups excluding carboxylic acids is 2. The molecule has 0 aliphatic carbocycles. The summed E-state index contributed by atoms with van der Waals surface area (Å²) in [5.74, 6) is 0.0397. The van der Waals surface area contributed by atoms with E-state index in [2.05, 4.69) is 17.6 Å². The number of carbonyl (C=O) groups is 2. The minimum atomic E-state index is -0.0173. The van der Waals surface area contributed by atoms with E-state index in [4.69, 9.17) is 4.74 Å². The van der Waals surface area contributed by atoms with E-state index in [-0.39, 0.29) is 36.1 Å². The summed E-state index contributed by atoms with van der Waals surface area (Å²) in [4.78, 5) is 25.6. The van der Waals surface area contributed by atoms with Crippen molar-refractivity contribution in [3.63, 3.8) is 0 Å². The number of amides is 2. The number of rotatable bonds is 5. The number of halogens is 1. The van der Waals surface area contributed by atoms with E-state index >= 15 is 0 Å². The van der Waals surface area contributed by atoms with Gasteiger partial charge in [0.1, 0.15) is 0 Å². The lowest BCUT2D eigenvalue weighted by atomic mass is 9.81. The van der Waals surface area contributed by atoms with Crippen molar-refractivity contribution in [1.29, 1.82) is 0 Å². The summed E-state index contributed by atoms with van der Waals surface area (Å²) in [5, 5.41) is 6.32. The molecule has 0 saturated carbocycles. The van der Waals surface area contributed by atoms with Crippen LogP contribution in [-0.2, 0) is 14.3 Å². The quantitative estimate of drug-likeness (QED) is 0.771. The molecule has 0 radical (unpaired) electrons. The maximum Gasteiger partial charge on any atom is 0.223 e. The summed E-state index contributed by atoms with van der Waals surface area (Å²) >= 11 is 0. The standard InChI is InChI=1S/C15H27N3O3.ClH/c1-15(4-6-16-7-5-15)12-17-13(19)2-3-14(20)18-8-10-21-11-9-18;/h16H,2-12H2,1H3,(H,17,19);1H. The summed E-state index contributed by atoms with van der Waals surface area (Å²) in [6, 6.07) is 0. The zero-order valence-electron chi connectivity index (χ0n) is 13.4. The largest absolute Gasteiger partial charge is 0.378 e. The van der Waals surface area contributed by atoms with Gasteiger partial charge in [0.05, 0.1) is 13.2 Å². The fourth-order valence-corrected chi connectivity index (χ4v) is 2.80. The maximum absolute atomic E-state index is 12.0. The van der Waals surface area contributed by atoms with E-state index in [0.717, 1.165) is 25.9 Å². The molecule has 0 aromatic carbocycles. The molecular formula is C15H28ClN3O3. The molecule has 2 aliphatic rings. The molecule has 2 saturated heterocycles. The first kappa shape index (κ1) is 19.2.